The molecule has 0 amide bonds. The minimum absolute atomic E-state index is 0.179. The minimum atomic E-state index is -3.37. The number of carbonyl (C=O) groups is 1. The van der Waals surface area contributed by atoms with E-state index in [1.807, 2.05) is 30.3 Å². The van der Waals surface area contributed by atoms with Crippen molar-refractivity contribution in [3.05, 3.63) is 35.9 Å². The van der Waals surface area contributed by atoms with E-state index >= 15 is 0 Å². The highest BCUT2D eigenvalue weighted by Gasteiger charge is 2.22. The monoisotopic (exact) mass is 284 g/mol. The molecule has 0 aliphatic carbocycles. The van der Waals surface area contributed by atoms with E-state index in [9.17, 15) is 14.3 Å². The van der Waals surface area contributed by atoms with Crippen molar-refractivity contribution < 1.29 is 19.0 Å². The molecule has 0 saturated carbocycles. The molecule has 5 heteroatoms. The lowest BCUT2D eigenvalue weighted by atomic mass is 10.1. The van der Waals surface area contributed by atoms with Crippen molar-refractivity contribution in [2.24, 2.45) is 0 Å². The average molecular weight is 284 g/mol. The zero-order valence-electron chi connectivity index (χ0n) is 11.2. The minimum Gasteiger partial charge on any atom is -0.466 e. The van der Waals surface area contributed by atoms with E-state index in [0.29, 0.717) is 6.42 Å². The molecule has 1 rings (SSSR count). The van der Waals surface area contributed by atoms with Gasteiger partial charge in [0.2, 0.25) is 7.37 Å². The molecule has 1 unspecified atom stereocenters. The van der Waals surface area contributed by atoms with Gasteiger partial charge < -0.3 is 9.63 Å². The maximum atomic E-state index is 11.8. The van der Waals surface area contributed by atoms with Crippen molar-refractivity contribution >= 4 is 13.3 Å². The molecule has 1 atom stereocenters. The topological polar surface area (TPSA) is 63.6 Å². The highest BCUT2D eigenvalue weighted by atomic mass is 31.2. The average Bonchev–Trinajstić information content (AvgIpc) is 2.35. The third kappa shape index (κ3) is 7.14. The van der Waals surface area contributed by atoms with Crippen LogP contribution in [0.15, 0.2) is 30.3 Å². The Kier molecular flexibility index (Phi) is 6.82. The molecule has 0 heterocycles. The van der Waals surface area contributed by atoms with Crippen molar-refractivity contribution in [3.8, 4) is 0 Å². The van der Waals surface area contributed by atoms with Crippen LogP contribution in [0.25, 0.3) is 0 Å². The summed E-state index contributed by atoms with van der Waals surface area (Å²) in [5, 5.41) is 0. The van der Waals surface area contributed by atoms with Gasteiger partial charge in [-0.3, -0.25) is 9.36 Å². The molecule has 0 aromatic heterocycles. The van der Waals surface area contributed by atoms with E-state index in [1.54, 1.807) is 6.92 Å². The predicted octanol–water partition coefficient (Wildman–Crippen LogP) is 2.84. The number of aryl methyl sites for hydroxylation is 1. The van der Waals surface area contributed by atoms with Crippen molar-refractivity contribution in [1.29, 1.82) is 0 Å². The summed E-state index contributed by atoms with van der Waals surface area (Å²) in [6.45, 7) is 1.92. The van der Waals surface area contributed by atoms with E-state index in [1.165, 1.54) is 5.56 Å². The molecule has 106 valence electrons. The molecule has 0 bridgehead atoms. The molecule has 0 radical (unpaired) electrons. The smallest absolute Gasteiger partial charge is 0.315 e. The van der Waals surface area contributed by atoms with Gasteiger partial charge >= 0.3 is 5.97 Å². The second-order valence-electron chi connectivity index (χ2n) is 4.48. The first kappa shape index (κ1) is 15.9. The summed E-state index contributed by atoms with van der Waals surface area (Å²) >= 11 is 0. The van der Waals surface area contributed by atoms with Crippen LogP contribution in [-0.4, -0.2) is 29.8 Å². The molecule has 4 nitrogen and oxygen atoms in total. The Bertz CT molecular complexity index is 430. The fraction of sp³-hybridized carbons (Fsp3) is 0.500. The van der Waals surface area contributed by atoms with Gasteiger partial charge in [-0.25, -0.2) is 0 Å². The van der Waals surface area contributed by atoms with Crippen LogP contribution in [0.3, 0.4) is 0 Å². The van der Waals surface area contributed by atoms with E-state index in [-0.39, 0.29) is 18.9 Å². The molecule has 0 fully saturated rings. The summed E-state index contributed by atoms with van der Waals surface area (Å²) < 4.78 is 16.4. The Balaban J connectivity index is 2.24. The van der Waals surface area contributed by atoms with Crippen LogP contribution in [0.5, 0.6) is 0 Å². The molecule has 0 aliphatic heterocycles. The van der Waals surface area contributed by atoms with Gasteiger partial charge in [0.05, 0.1) is 6.61 Å². The van der Waals surface area contributed by atoms with Crippen LogP contribution >= 0.6 is 7.37 Å². The molecule has 19 heavy (non-hydrogen) atoms. The molecule has 1 aromatic rings. The number of hydrogen-bond donors (Lipinski definition) is 1. The van der Waals surface area contributed by atoms with Gasteiger partial charge in [-0.05, 0) is 31.7 Å². The van der Waals surface area contributed by atoms with Gasteiger partial charge in [0, 0.05) is 6.16 Å². The van der Waals surface area contributed by atoms with Crippen molar-refractivity contribution in [1.82, 2.24) is 0 Å². The van der Waals surface area contributed by atoms with Gasteiger partial charge in [0.1, 0.15) is 6.16 Å². The summed E-state index contributed by atoms with van der Waals surface area (Å²) in [6.07, 6.45) is 2.19. The summed E-state index contributed by atoms with van der Waals surface area (Å²) in [7, 11) is -3.37. The summed E-state index contributed by atoms with van der Waals surface area (Å²) in [6, 6.07) is 10.00. The Morgan fingerprint density at radius 1 is 1.26 bits per heavy atom. The maximum Gasteiger partial charge on any atom is 0.315 e. The first-order valence-electron chi connectivity index (χ1n) is 6.54. The molecule has 1 aromatic carbocycles. The Morgan fingerprint density at radius 2 is 1.95 bits per heavy atom. The Hall–Kier alpha value is -1.12. The van der Waals surface area contributed by atoms with E-state index in [2.05, 4.69) is 4.74 Å². The van der Waals surface area contributed by atoms with Crippen molar-refractivity contribution in [2.45, 2.75) is 26.2 Å². The predicted molar refractivity (Wildman–Crippen MR) is 75.6 cm³/mol. The number of carbonyl (C=O) groups excluding carboxylic acids is 1. The highest BCUT2D eigenvalue weighted by molar-refractivity contribution is 7.58. The lowest BCUT2D eigenvalue weighted by molar-refractivity contribution is -0.140. The van der Waals surface area contributed by atoms with Gasteiger partial charge in [0.15, 0.2) is 0 Å². The van der Waals surface area contributed by atoms with Gasteiger partial charge in [-0.15, -0.1) is 0 Å². The summed E-state index contributed by atoms with van der Waals surface area (Å²) in [4.78, 5) is 20.8. The normalized spacial score (nSPS) is 13.8. The van der Waals surface area contributed by atoms with Gasteiger partial charge in [-0.1, -0.05) is 30.3 Å². The molecule has 0 spiro atoms. The zero-order valence-corrected chi connectivity index (χ0v) is 12.1. The quantitative estimate of drug-likeness (QED) is 0.453. The molecular formula is C14H21O4P. The second-order valence-corrected chi connectivity index (χ2v) is 6.93. The number of unbranched alkanes of at least 4 members (excludes halogenated alkanes) is 1. The first-order chi connectivity index (χ1) is 9.03. The van der Waals surface area contributed by atoms with Crippen molar-refractivity contribution in [2.75, 3.05) is 18.9 Å². The number of benzene rings is 1. The fourth-order valence-corrected chi connectivity index (χ4v) is 3.19. The third-order valence-corrected chi connectivity index (χ3v) is 4.51. The first-order valence-corrected chi connectivity index (χ1v) is 8.57. The van der Waals surface area contributed by atoms with Crippen LogP contribution in [-0.2, 0) is 20.5 Å². The number of hydrogen-bond acceptors (Lipinski definition) is 3. The number of esters is 1. The fourth-order valence-electron chi connectivity index (χ4n) is 1.82. The van der Waals surface area contributed by atoms with Crippen LogP contribution < -0.4 is 0 Å². The number of rotatable bonds is 8. The second kappa shape index (κ2) is 8.13. The third-order valence-electron chi connectivity index (χ3n) is 2.75. The largest absolute Gasteiger partial charge is 0.466 e. The molecule has 0 aliphatic rings. The summed E-state index contributed by atoms with van der Waals surface area (Å²) in [5.74, 6) is -0.587. The Labute approximate surface area is 114 Å². The molecular weight excluding hydrogens is 263 g/mol. The summed E-state index contributed by atoms with van der Waals surface area (Å²) in [5.41, 5.74) is 1.22. The molecule has 1 N–H and O–H groups in total. The van der Waals surface area contributed by atoms with Crippen LogP contribution in [0.4, 0.5) is 0 Å². The Morgan fingerprint density at radius 3 is 2.58 bits per heavy atom. The molecule has 0 saturated heterocycles. The lowest BCUT2D eigenvalue weighted by Crippen LogP contribution is -2.11. The highest BCUT2D eigenvalue weighted by Crippen LogP contribution is 2.41. The SMILES string of the molecule is CCOC(=O)CP(=O)(O)CCCCc1ccccc1. The van der Waals surface area contributed by atoms with Gasteiger partial charge in [0.25, 0.3) is 0 Å². The van der Waals surface area contributed by atoms with E-state index in [4.69, 9.17) is 0 Å². The van der Waals surface area contributed by atoms with E-state index in [0.717, 1.165) is 12.8 Å². The van der Waals surface area contributed by atoms with Crippen LogP contribution in [0.2, 0.25) is 0 Å². The van der Waals surface area contributed by atoms with E-state index < -0.39 is 13.3 Å². The number of ether oxygens (including phenoxy) is 1. The van der Waals surface area contributed by atoms with Gasteiger partial charge in [-0.2, -0.15) is 0 Å². The van der Waals surface area contributed by atoms with Crippen LogP contribution in [0, 0.1) is 0 Å². The lowest BCUT2D eigenvalue weighted by Gasteiger charge is -2.10. The van der Waals surface area contributed by atoms with Crippen molar-refractivity contribution in [3.63, 3.8) is 0 Å². The van der Waals surface area contributed by atoms with Crippen LogP contribution in [0.1, 0.15) is 25.3 Å². The standard InChI is InChI=1S/C14H21O4P/c1-2-18-14(15)12-19(16,17)11-7-6-10-13-8-4-3-5-9-13/h3-5,8-9H,2,6-7,10-12H2,1H3,(H,16,17). The maximum absolute atomic E-state index is 11.8. The zero-order chi connectivity index (χ0) is 14.1.